The van der Waals surface area contributed by atoms with Gasteiger partial charge in [-0.3, -0.25) is 0 Å². The molecular weight excluding hydrogens is 473 g/mol. The van der Waals surface area contributed by atoms with Crippen molar-refractivity contribution in [3.63, 3.8) is 0 Å². The van der Waals surface area contributed by atoms with E-state index < -0.39 is 27.2 Å². The van der Waals surface area contributed by atoms with Crippen LogP contribution in [0.5, 0.6) is 5.75 Å². The van der Waals surface area contributed by atoms with Crippen molar-refractivity contribution in [2.45, 2.75) is 43.2 Å². The number of aromatic nitrogens is 1. The minimum absolute atomic E-state index is 0.00162. The van der Waals surface area contributed by atoms with E-state index in [1.807, 2.05) is 11.4 Å². The van der Waals surface area contributed by atoms with Gasteiger partial charge in [0.15, 0.2) is 15.0 Å². The van der Waals surface area contributed by atoms with Crippen LogP contribution in [0.4, 0.5) is 18.3 Å². The molecule has 0 saturated carbocycles. The maximum absolute atomic E-state index is 13.0. The highest BCUT2D eigenvalue weighted by Gasteiger charge is 2.33. The fourth-order valence-electron chi connectivity index (χ4n) is 3.82. The van der Waals surface area contributed by atoms with Crippen LogP contribution in [0.3, 0.4) is 0 Å². The number of ether oxygens (including phenoxy) is 1. The minimum atomic E-state index is -4.82. The first kappa shape index (κ1) is 23.6. The number of anilines is 1. The van der Waals surface area contributed by atoms with Crippen molar-refractivity contribution < 1.29 is 26.3 Å². The molecule has 2 aromatic carbocycles. The molecule has 0 bridgehead atoms. The van der Waals surface area contributed by atoms with Gasteiger partial charge in [-0.05, 0) is 68.1 Å². The van der Waals surface area contributed by atoms with Crippen molar-refractivity contribution >= 4 is 26.3 Å². The fourth-order valence-corrected chi connectivity index (χ4v) is 6.44. The predicted molar refractivity (Wildman–Crippen MR) is 123 cm³/mol. The van der Waals surface area contributed by atoms with Gasteiger partial charge in [0, 0.05) is 24.0 Å². The number of aryl methyl sites for hydroxylation is 2. The number of benzene rings is 2. The molecule has 4 rings (SSSR count). The molecule has 10 heteroatoms. The van der Waals surface area contributed by atoms with Crippen LogP contribution in [-0.4, -0.2) is 38.1 Å². The van der Waals surface area contributed by atoms with Gasteiger partial charge in [-0.2, -0.15) is 0 Å². The molecular formula is C23H23F3N2O3S2. The van der Waals surface area contributed by atoms with Crippen LogP contribution in [0, 0.1) is 13.8 Å². The zero-order chi connectivity index (χ0) is 23.8. The standard InChI is InChI=1S/C23H23F3N2O3S2/c1-15-3-4-17(13-16(15)2)21-14-32-22(27-21)28-11-9-20(10-12-28)33(29,30)19-7-5-18(6-8-19)31-23(24,25)26/h3-8,13-14,20H,9-12H2,1-2H3. The normalized spacial score (nSPS) is 15.6. The summed E-state index contributed by atoms with van der Waals surface area (Å²) < 4.78 is 66.8. The number of rotatable bonds is 5. The molecule has 3 aromatic rings. The predicted octanol–water partition coefficient (Wildman–Crippen LogP) is 5.77. The summed E-state index contributed by atoms with van der Waals surface area (Å²) in [5.41, 5.74) is 4.37. The highest BCUT2D eigenvalue weighted by Crippen LogP contribution is 2.33. The van der Waals surface area contributed by atoms with Crippen molar-refractivity contribution in [3.8, 4) is 17.0 Å². The molecule has 0 unspecified atom stereocenters. The Balaban J connectivity index is 1.41. The van der Waals surface area contributed by atoms with Crippen LogP contribution >= 0.6 is 11.3 Å². The molecule has 1 saturated heterocycles. The SMILES string of the molecule is Cc1ccc(-c2csc(N3CCC(S(=O)(=O)c4ccc(OC(F)(F)F)cc4)CC3)n2)cc1C. The lowest BCUT2D eigenvalue weighted by Gasteiger charge is -2.31. The van der Waals surface area contributed by atoms with Gasteiger partial charge in [0.2, 0.25) is 0 Å². The topological polar surface area (TPSA) is 59.5 Å². The average molecular weight is 497 g/mol. The minimum Gasteiger partial charge on any atom is -0.406 e. The second-order valence-corrected chi connectivity index (χ2v) is 11.1. The highest BCUT2D eigenvalue weighted by atomic mass is 32.2. The third-order valence-corrected chi connectivity index (χ3v) is 9.01. The average Bonchev–Trinajstić information content (AvgIpc) is 3.25. The Morgan fingerprint density at radius 1 is 1.03 bits per heavy atom. The van der Waals surface area contributed by atoms with Gasteiger partial charge in [-0.1, -0.05) is 12.1 Å². The van der Waals surface area contributed by atoms with Crippen molar-refractivity contribution in [1.29, 1.82) is 0 Å². The molecule has 0 atom stereocenters. The maximum atomic E-state index is 13.0. The molecule has 2 heterocycles. The highest BCUT2D eigenvalue weighted by molar-refractivity contribution is 7.92. The molecule has 1 aliphatic heterocycles. The summed E-state index contributed by atoms with van der Waals surface area (Å²) in [6.45, 7) is 5.21. The number of halogens is 3. The number of thiazole rings is 1. The van der Waals surface area contributed by atoms with Crippen LogP contribution in [0.15, 0.2) is 52.7 Å². The third-order valence-electron chi connectivity index (χ3n) is 5.83. The van der Waals surface area contributed by atoms with Crippen molar-refractivity contribution in [3.05, 3.63) is 59.0 Å². The smallest absolute Gasteiger partial charge is 0.406 e. The Bertz CT molecular complexity index is 1230. The second kappa shape index (κ2) is 8.98. The molecule has 0 spiro atoms. The van der Waals surface area contributed by atoms with Gasteiger partial charge in [-0.15, -0.1) is 24.5 Å². The fraction of sp³-hybridized carbons (Fsp3) is 0.348. The Morgan fingerprint density at radius 2 is 1.70 bits per heavy atom. The molecule has 1 aliphatic rings. The summed E-state index contributed by atoms with van der Waals surface area (Å²) in [4.78, 5) is 6.83. The lowest BCUT2D eigenvalue weighted by atomic mass is 10.1. The van der Waals surface area contributed by atoms with E-state index in [2.05, 4.69) is 35.6 Å². The molecule has 1 aromatic heterocycles. The molecule has 5 nitrogen and oxygen atoms in total. The van der Waals surface area contributed by atoms with Crippen LogP contribution in [0.1, 0.15) is 24.0 Å². The van der Waals surface area contributed by atoms with Gasteiger partial charge in [0.05, 0.1) is 15.8 Å². The molecule has 176 valence electrons. The van der Waals surface area contributed by atoms with E-state index in [0.717, 1.165) is 28.5 Å². The zero-order valence-electron chi connectivity index (χ0n) is 18.1. The molecule has 0 N–H and O–H groups in total. The van der Waals surface area contributed by atoms with Gasteiger partial charge in [0.25, 0.3) is 0 Å². The van der Waals surface area contributed by atoms with E-state index in [9.17, 15) is 21.6 Å². The van der Waals surface area contributed by atoms with Gasteiger partial charge in [0.1, 0.15) is 5.75 Å². The van der Waals surface area contributed by atoms with E-state index in [1.165, 1.54) is 34.6 Å². The maximum Gasteiger partial charge on any atom is 0.573 e. The Hall–Kier alpha value is -2.59. The number of hydrogen-bond acceptors (Lipinski definition) is 6. The summed E-state index contributed by atoms with van der Waals surface area (Å²) in [5, 5.41) is 2.27. The molecule has 0 amide bonds. The largest absolute Gasteiger partial charge is 0.573 e. The second-order valence-electron chi connectivity index (χ2n) is 8.06. The van der Waals surface area contributed by atoms with E-state index >= 15 is 0 Å². The summed E-state index contributed by atoms with van der Waals surface area (Å²) >= 11 is 1.53. The first-order chi connectivity index (χ1) is 15.5. The third kappa shape index (κ3) is 5.33. The number of alkyl halides is 3. The molecule has 0 aliphatic carbocycles. The Morgan fingerprint density at radius 3 is 2.30 bits per heavy atom. The zero-order valence-corrected chi connectivity index (χ0v) is 19.7. The first-order valence-corrected chi connectivity index (χ1v) is 12.8. The van der Waals surface area contributed by atoms with Crippen molar-refractivity contribution in [2.75, 3.05) is 18.0 Å². The lowest BCUT2D eigenvalue weighted by molar-refractivity contribution is -0.274. The number of hydrogen-bond donors (Lipinski definition) is 0. The summed E-state index contributed by atoms with van der Waals surface area (Å²) in [6, 6.07) is 10.6. The summed E-state index contributed by atoms with van der Waals surface area (Å²) in [6.07, 6.45) is -3.98. The van der Waals surface area contributed by atoms with E-state index in [1.54, 1.807) is 0 Å². The van der Waals surface area contributed by atoms with E-state index in [0.29, 0.717) is 25.9 Å². The lowest BCUT2D eigenvalue weighted by Crippen LogP contribution is -2.39. The molecule has 33 heavy (non-hydrogen) atoms. The molecule has 0 radical (unpaired) electrons. The summed E-state index contributed by atoms with van der Waals surface area (Å²) in [5.74, 6) is -0.445. The van der Waals surface area contributed by atoms with Crippen molar-refractivity contribution in [1.82, 2.24) is 4.98 Å². The monoisotopic (exact) mass is 496 g/mol. The van der Waals surface area contributed by atoms with E-state index in [4.69, 9.17) is 4.98 Å². The first-order valence-electron chi connectivity index (χ1n) is 10.4. The number of nitrogens with zero attached hydrogens (tertiary/aromatic N) is 2. The number of sulfone groups is 1. The van der Waals surface area contributed by atoms with Crippen LogP contribution in [0.2, 0.25) is 0 Å². The molecule has 1 fully saturated rings. The Labute approximate surface area is 194 Å². The van der Waals surface area contributed by atoms with Crippen molar-refractivity contribution in [2.24, 2.45) is 0 Å². The quantitative estimate of drug-likeness (QED) is 0.449. The van der Waals surface area contributed by atoms with Crippen LogP contribution in [0.25, 0.3) is 11.3 Å². The number of piperidine rings is 1. The van der Waals surface area contributed by atoms with Gasteiger partial charge >= 0.3 is 6.36 Å². The van der Waals surface area contributed by atoms with Crippen LogP contribution < -0.4 is 9.64 Å². The Kier molecular flexibility index (Phi) is 6.41. The summed E-state index contributed by atoms with van der Waals surface area (Å²) in [7, 11) is -3.66. The van der Waals surface area contributed by atoms with Gasteiger partial charge in [-0.25, -0.2) is 13.4 Å². The van der Waals surface area contributed by atoms with E-state index in [-0.39, 0.29) is 4.90 Å². The van der Waals surface area contributed by atoms with Gasteiger partial charge < -0.3 is 9.64 Å². The van der Waals surface area contributed by atoms with Crippen LogP contribution in [-0.2, 0) is 9.84 Å².